The molecule has 1 unspecified atom stereocenters. The second-order valence-corrected chi connectivity index (χ2v) is 6.07. The fourth-order valence-electron chi connectivity index (χ4n) is 2.69. The SMILES string of the molecule is CCCCC(CC)CNC(=O)/C(=C/c1ccco1)c1ccccc1. The minimum absolute atomic E-state index is 0.0486. The molecule has 1 amide bonds. The summed E-state index contributed by atoms with van der Waals surface area (Å²) >= 11 is 0. The molecule has 2 aromatic rings. The van der Waals surface area contributed by atoms with Crippen molar-refractivity contribution in [1.29, 1.82) is 0 Å². The molecule has 128 valence electrons. The number of unbranched alkanes of at least 4 members (excludes halogenated alkanes) is 1. The maximum atomic E-state index is 12.7. The Morgan fingerprint density at radius 2 is 1.96 bits per heavy atom. The molecule has 0 bridgehead atoms. The third-order valence-electron chi connectivity index (χ3n) is 4.25. The van der Waals surface area contributed by atoms with Gasteiger partial charge in [0.15, 0.2) is 0 Å². The summed E-state index contributed by atoms with van der Waals surface area (Å²) in [6.07, 6.45) is 8.07. The van der Waals surface area contributed by atoms with Gasteiger partial charge in [0.2, 0.25) is 0 Å². The van der Waals surface area contributed by atoms with E-state index in [4.69, 9.17) is 4.42 Å². The molecular weight excluding hydrogens is 298 g/mol. The Hall–Kier alpha value is -2.29. The van der Waals surface area contributed by atoms with Crippen LogP contribution in [0.5, 0.6) is 0 Å². The molecular formula is C21H27NO2. The average molecular weight is 325 g/mol. The summed E-state index contributed by atoms with van der Waals surface area (Å²) in [5, 5.41) is 3.10. The van der Waals surface area contributed by atoms with Crippen molar-refractivity contribution in [3.63, 3.8) is 0 Å². The predicted octanol–water partition coefficient (Wildman–Crippen LogP) is 5.15. The molecule has 3 nitrogen and oxygen atoms in total. The van der Waals surface area contributed by atoms with E-state index in [2.05, 4.69) is 19.2 Å². The maximum Gasteiger partial charge on any atom is 0.252 e. The largest absolute Gasteiger partial charge is 0.465 e. The Morgan fingerprint density at radius 3 is 2.58 bits per heavy atom. The lowest BCUT2D eigenvalue weighted by molar-refractivity contribution is -0.115. The first kappa shape index (κ1) is 18.1. The highest BCUT2D eigenvalue weighted by Gasteiger charge is 2.14. The van der Waals surface area contributed by atoms with Crippen LogP contribution in [0.4, 0.5) is 0 Å². The van der Waals surface area contributed by atoms with Crippen LogP contribution >= 0.6 is 0 Å². The van der Waals surface area contributed by atoms with E-state index < -0.39 is 0 Å². The monoisotopic (exact) mass is 325 g/mol. The maximum absolute atomic E-state index is 12.7. The van der Waals surface area contributed by atoms with Gasteiger partial charge in [0.1, 0.15) is 5.76 Å². The number of amides is 1. The molecule has 1 N–H and O–H groups in total. The summed E-state index contributed by atoms with van der Waals surface area (Å²) in [4.78, 5) is 12.7. The van der Waals surface area contributed by atoms with Crippen LogP contribution in [0.25, 0.3) is 11.6 Å². The van der Waals surface area contributed by atoms with Crippen LogP contribution in [0.1, 0.15) is 50.9 Å². The molecule has 0 aliphatic rings. The van der Waals surface area contributed by atoms with E-state index in [0.717, 1.165) is 24.9 Å². The minimum atomic E-state index is -0.0486. The Kier molecular flexibility index (Phi) is 7.34. The van der Waals surface area contributed by atoms with Crippen molar-refractivity contribution in [3.8, 4) is 0 Å². The Labute approximate surface area is 144 Å². The lowest BCUT2D eigenvalue weighted by atomic mass is 9.98. The second-order valence-electron chi connectivity index (χ2n) is 6.07. The molecule has 0 aliphatic heterocycles. The highest BCUT2D eigenvalue weighted by molar-refractivity contribution is 6.24. The topological polar surface area (TPSA) is 42.2 Å². The third kappa shape index (κ3) is 5.41. The zero-order valence-electron chi connectivity index (χ0n) is 14.6. The number of furan rings is 1. The summed E-state index contributed by atoms with van der Waals surface area (Å²) in [7, 11) is 0. The molecule has 2 rings (SSSR count). The minimum Gasteiger partial charge on any atom is -0.465 e. The van der Waals surface area contributed by atoms with Crippen molar-refractivity contribution in [2.24, 2.45) is 5.92 Å². The van der Waals surface area contributed by atoms with Crippen molar-refractivity contribution in [3.05, 3.63) is 60.1 Å². The lowest BCUT2D eigenvalue weighted by Crippen LogP contribution is -2.29. The van der Waals surface area contributed by atoms with Crippen LogP contribution < -0.4 is 5.32 Å². The van der Waals surface area contributed by atoms with Gasteiger partial charge in [0.05, 0.1) is 11.8 Å². The van der Waals surface area contributed by atoms with Gasteiger partial charge >= 0.3 is 0 Å². The van der Waals surface area contributed by atoms with E-state index in [0.29, 0.717) is 17.3 Å². The molecule has 1 aromatic carbocycles. The molecule has 1 atom stereocenters. The summed E-state index contributed by atoms with van der Waals surface area (Å²) in [5.41, 5.74) is 1.53. The van der Waals surface area contributed by atoms with Gasteiger partial charge in [-0.2, -0.15) is 0 Å². The van der Waals surface area contributed by atoms with E-state index >= 15 is 0 Å². The van der Waals surface area contributed by atoms with Crippen molar-refractivity contribution in [2.45, 2.75) is 39.5 Å². The summed E-state index contributed by atoms with van der Waals surface area (Å²) in [6.45, 7) is 5.10. The highest BCUT2D eigenvalue weighted by Crippen LogP contribution is 2.19. The first-order chi connectivity index (χ1) is 11.7. The normalized spacial score (nSPS) is 12.8. The smallest absolute Gasteiger partial charge is 0.252 e. The van der Waals surface area contributed by atoms with E-state index in [1.54, 1.807) is 12.3 Å². The van der Waals surface area contributed by atoms with Gasteiger partial charge < -0.3 is 9.73 Å². The van der Waals surface area contributed by atoms with Gasteiger partial charge in [-0.15, -0.1) is 0 Å². The molecule has 24 heavy (non-hydrogen) atoms. The second kappa shape index (κ2) is 9.76. The van der Waals surface area contributed by atoms with Gasteiger partial charge in [-0.05, 0) is 36.1 Å². The van der Waals surface area contributed by atoms with Gasteiger partial charge in [0.25, 0.3) is 5.91 Å². The van der Waals surface area contributed by atoms with Crippen LogP contribution in [0.3, 0.4) is 0 Å². The average Bonchev–Trinajstić information content (AvgIpc) is 3.13. The quantitative estimate of drug-likeness (QED) is 0.648. The van der Waals surface area contributed by atoms with E-state index in [1.807, 2.05) is 42.5 Å². The first-order valence-corrected chi connectivity index (χ1v) is 8.83. The van der Waals surface area contributed by atoms with Crippen molar-refractivity contribution >= 4 is 17.6 Å². The van der Waals surface area contributed by atoms with Gasteiger partial charge in [-0.25, -0.2) is 0 Å². The Bertz CT molecular complexity index is 629. The zero-order chi connectivity index (χ0) is 17.2. The summed E-state index contributed by atoms with van der Waals surface area (Å²) < 4.78 is 5.38. The van der Waals surface area contributed by atoms with Crippen molar-refractivity contribution in [2.75, 3.05) is 6.54 Å². The summed E-state index contributed by atoms with van der Waals surface area (Å²) in [5.74, 6) is 1.17. The van der Waals surface area contributed by atoms with Crippen LogP contribution in [0.15, 0.2) is 53.1 Å². The molecule has 1 heterocycles. The first-order valence-electron chi connectivity index (χ1n) is 8.83. The summed E-state index contributed by atoms with van der Waals surface area (Å²) in [6, 6.07) is 13.4. The molecule has 0 radical (unpaired) electrons. The lowest BCUT2D eigenvalue weighted by Gasteiger charge is -2.16. The third-order valence-corrected chi connectivity index (χ3v) is 4.25. The molecule has 1 aromatic heterocycles. The molecule has 0 aliphatic carbocycles. The number of benzene rings is 1. The molecule has 0 fully saturated rings. The number of carbonyl (C=O) groups excluding carboxylic acids is 1. The number of nitrogens with one attached hydrogen (secondary N) is 1. The van der Waals surface area contributed by atoms with Gasteiger partial charge in [-0.1, -0.05) is 63.4 Å². The van der Waals surface area contributed by atoms with Crippen molar-refractivity contribution < 1.29 is 9.21 Å². The Morgan fingerprint density at radius 1 is 1.17 bits per heavy atom. The van der Waals surface area contributed by atoms with Crippen LogP contribution in [0.2, 0.25) is 0 Å². The molecule has 3 heteroatoms. The Balaban J connectivity index is 2.11. The number of hydrogen-bond acceptors (Lipinski definition) is 2. The standard InChI is InChI=1S/C21H27NO2/c1-3-5-10-17(4-2)16-22-21(23)20(15-19-13-9-14-24-19)18-11-7-6-8-12-18/h6-9,11-15,17H,3-5,10,16H2,1-2H3,(H,22,23)/b20-15+. The zero-order valence-corrected chi connectivity index (χ0v) is 14.6. The fourth-order valence-corrected chi connectivity index (χ4v) is 2.69. The molecule has 0 spiro atoms. The fraction of sp³-hybridized carbons (Fsp3) is 0.381. The van der Waals surface area contributed by atoms with Gasteiger partial charge in [-0.3, -0.25) is 4.79 Å². The number of rotatable bonds is 9. The van der Waals surface area contributed by atoms with E-state index in [1.165, 1.54) is 12.8 Å². The molecule has 0 saturated heterocycles. The van der Waals surface area contributed by atoms with Crippen molar-refractivity contribution in [1.82, 2.24) is 5.32 Å². The number of hydrogen-bond donors (Lipinski definition) is 1. The predicted molar refractivity (Wildman–Crippen MR) is 99.3 cm³/mol. The van der Waals surface area contributed by atoms with Crippen LogP contribution in [-0.2, 0) is 4.79 Å². The van der Waals surface area contributed by atoms with Gasteiger partial charge in [0, 0.05) is 6.54 Å². The molecule has 0 saturated carbocycles. The van der Waals surface area contributed by atoms with E-state index in [-0.39, 0.29) is 5.91 Å². The highest BCUT2D eigenvalue weighted by atomic mass is 16.3. The van der Waals surface area contributed by atoms with Crippen LogP contribution in [0, 0.1) is 5.92 Å². The number of carbonyl (C=O) groups is 1. The van der Waals surface area contributed by atoms with Crippen LogP contribution in [-0.4, -0.2) is 12.5 Å². The van der Waals surface area contributed by atoms with E-state index in [9.17, 15) is 4.79 Å².